The molecule has 0 spiro atoms. The lowest BCUT2D eigenvalue weighted by atomic mass is 10.1. The first-order valence-electron chi connectivity index (χ1n) is 6.00. The Morgan fingerprint density at radius 1 is 1.37 bits per heavy atom. The van der Waals surface area contributed by atoms with Crippen LogP contribution in [0.5, 0.6) is 0 Å². The summed E-state index contributed by atoms with van der Waals surface area (Å²) in [5.74, 6) is 0. The van der Waals surface area contributed by atoms with Crippen LogP contribution in [0, 0.1) is 0 Å². The summed E-state index contributed by atoms with van der Waals surface area (Å²) >= 11 is 0. The third-order valence-electron chi connectivity index (χ3n) is 3.00. The summed E-state index contributed by atoms with van der Waals surface area (Å²) in [5, 5.41) is 2.60. The first kappa shape index (κ1) is 14.3. The Labute approximate surface area is 109 Å². The summed E-state index contributed by atoms with van der Waals surface area (Å²) in [4.78, 5) is 0. The Hall–Kier alpha value is -1.11. The summed E-state index contributed by atoms with van der Waals surface area (Å²) in [6.07, 6.45) is -5.12. The zero-order valence-corrected chi connectivity index (χ0v) is 10.5. The molecule has 0 aromatic heterocycles. The van der Waals surface area contributed by atoms with Gasteiger partial charge in [-0.15, -0.1) is 0 Å². The minimum Gasteiger partial charge on any atom is -0.383 e. The molecule has 1 heterocycles. The van der Waals surface area contributed by atoms with Crippen molar-refractivity contribution in [1.29, 1.82) is 0 Å². The molecular formula is C13H16F3NO2. The topological polar surface area (TPSA) is 33.8 Å². The fraction of sp³-hybridized carbons (Fsp3) is 0.538. The van der Waals surface area contributed by atoms with Gasteiger partial charge < -0.3 is 9.47 Å². The van der Waals surface area contributed by atoms with Gasteiger partial charge in [0.1, 0.15) is 12.1 Å². The van der Waals surface area contributed by atoms with Crippen LogP contribution in [0.3, 0.4) is 0 Å². The van der Waals surface area contributed by atoms with Crippen LogP contribution < -0.4 is 5.32 Å². The van der Waals surface area contributed by atoms with E-state index in [4.69, 9.17) is 9.47 Å². The van der Waals surface area contributed by atoms with E-state index in [1.807, 2.05) is 6.07 Å². The Bertz CT molecular complexity index is 393. The second-order valence-corrected chi connectivity index (χ2v) is 4.48. The summed E-state index contributed by atoms with van der Waals surface area (Å²) in [6, 6.07) is 6.77. The van der Waals surface area contributed by atoms with Crippen molar-refractivity contribution in [1.82, 2.24) is 5.32 Å². The van der Waals surface area contributed by atoms with Crippen molar-refractivity contribution < 1.29 is 22.6 Å². The number of ether oxygens (including phenoxy) is 2. The normalized spacial score (nSPS) is 22.0. The van der Waals surface area contributed by atoms with Gasteiger partial charge in [-0.3, -0.25) is 5.32 Å². The maximum Gasteiger partial charge on any atom is 0.406 e. The fourth-order valence-corrected chi connectivity index (χ4v) is 1.97. The van der Waals surface area contributed by atoms with Gasteiger partial charge in [0.2, 0.25) is 0 Å². The molecule has 0 aliphatic carbocycles. The first-order valence-corrected chi connectivity index (χ1v) is 6.00. The molecule has 0 amide bonds. The second-order valence-electron chi connectivity index (χ2n) is 4.48. The van der Waals surface area contributed by atoms with E-state index in [1.165, 1.54) is 7.11 Å². The van der Waals surface area contributed by atoms with Gasteiger partial charge in [0.25, 0.3) is 0 Å². The second kappa shape index (κ2) is 5.90. The number of halogens is 3. The monoisotopic (exact) mass is 275 g/mol. The Balaban J connectivity index is 2.11. The summed E-state index contributed by atoms with van der Waals surface area (Å²) in [7, 11) is 1.47. The van der Waals surface area contributed by atoms with Crippen molar-refractivity contribution in [2.24, 2.45) is 0 Å². The maximum absolute atomic E-state index is 12.9. The predicted octanol–water partition coefficient (Wildman–Crippen LogP) is 2.29. The van der Waals surface area contributed by atoms with Crippen LogP contribution in [0.25, 0.3) is 0 Å². The smallest absolute Gasteiger partial charge is 0.383 e. The minimum absolute atomic E-state index is 0.145. The van der Waals surface area contributed by atoms with E-state index in [0.29, 0.717) is 0 Å². The Kier molecular flexibility index (Phi) is 4.44. The van der Waals surface area contributed by atoms with Gasteiger partial charge >= 0.3 is 6.18 Å². The highest BCUT2D eigenvalue weighted by Crippen LogP contribution is 2.31. The third kappa shape index (κ3) is 3.92. The maximum atomic E-state index is 12.9. The molecule has 106 valence electrons. The number of epoxide rings is 1. The first-order chi connectivity index (χ1) is 9.02. The average Bonchev–Trinajstić information content (AvgIpc) is 3.18. The van der Waals surface area contributed by atoms with Crippen molar-refractivity contribution >= 4 is 0 Å². The fourth-order valence-electron chi connectivity index (χ4n) is 1.97. The largest absolute Gasteiger partial charge is 0.406 e. The lowest BCUT2D eigenvalue weighted by Gasteiger charge is -2.26. The van der Waals surface area contributed by atoms with Crippen molar-refractivity contribution in [3.63, 3.8) is 0 Å². The number of hydrogen-bond acceptors (Lipinski definition) is 3. The molecule has 0 saturated carbocycles. The quantitative estimate of drug-likeness (QED) is 0.809. The highest BCUT2D eigenvalue weighted by atomic mass is 19.4. The van der Waals surface area contributed by atoms with E-state index in [-0.39, 0.29) is 13.2 Å². The Morgan fingerprint density at radius 2 is 2.00 bits per heavy atom. The molecule has 1 fully saturated rings. The standard InChI is InChI=1S/C13H16F3NO2/c1-18-7-10(9-5-3-2-4-6-9)17-12(11-8-19-11)13(14,15)16/h2-6,10-12,17H,7-8H2,1H3. The van der Waals surface area contributed by atoms with E-state index in [2.05, 4.69) is 5.32 Å². The SMILES string of the molecule is COCC(NC(C1CO1)C(F)(F)F)c1ccccc1. The molecule has 6 heteroatoms. The van der Waals surface area contributed by atoms with E-state index in [1.54, 1.807) is 24.3 Å². The van der Waals surface area contributed by atoms with E-state index in [9.17, 15) is 13.2 Å². The molecule has 3 nitrogen and oxygen atoms in total. The van der Waals surface area contributed by atoms with Gasteiger partial charge in [0.05, 0.1) is 19.3 Å². The number of benzene rings is 1. The molecule has 1 aliphatic heterocycles. The highest BCUT2D eigenvalue weighted by molar-refractivity contribution is 5.19. The van der Waals surface area contributed by atoms with Crippen LogP contribution in [0.2, 0.25) is 0 Å². The number of alkyl halides is 3. The zero-order valence-electron chi connectivity index (χ0n) is 10.5. The van der Waals surface area contributed by atoms with Gasteiger partial charge in [-0.2, -0.15) is 13.2 Å². The van der Waals surface area contributed by atoms with Crippen LogP contribution in [0.4, 0.5) is 13.2 Å². The van der Waals surface area contributed by atoms with Gasteiger partial charge in [0.15, 0.2) is 0 Å². The number of hydrogen-bond donors (Lipinski definition) is 1. The molecule has 3 atom stereocenters. The summed E-state index contributed by atoms with van der Waals surface area (Å²) in [5.41, 5.74) is 0.763. The molecular weight excluding hydrogens is 259 g/mol. The van der Waals surface area contributed by atoms with Gasteiger partial charge in [-0.05, 0) is 5.56 Å². The lowest BCUT2D eigenvalue weighted by Crippen LogP contribution is -2.48. The van der Waals surface area contributed by atoms with Crippen molar-refractivity contribution in [3.05, 3.63) is 35.9 Å². The lowest BCUT2D eigenvalue weighted by molar-refractivity contribution is -0.163. The molecule has 1 aliphatic rings. The highest BCUT2D eigenvalue weighted by Gasteiger charge is 2.51. The molecule has 19 heavy (non-hydrogen) atoms. The van der Waals surface area contributed by atoms with Crippen molar-refractivity contribution in [3.8, 4) is 0 Å². The van der Waals surface area contributed by atoms with Crippen LogP contribution in [-0.2, 0) is 9.47 Å². The van der Waals surface area contributed by atoms with E-state index >= 15 is 0 Å². The number of rotatable bonds is 6. The summed E-state index contributed by atoms with van der Waals surface area (Å²) in [6.45, 7) is 0.314. The van der Waals surface area contributed by atoms with Gasteiger partial charge in [-0.1, -0.05) is 30.3 Å². The molecule has 0 bridgehead atoms. The molecule has 1 aromatic rings. The van der Waals surface area contributed by atoms with Gasteiger partial charge in [0, 0.05) is 7.11 Å². The van der Waals surface area contributed by atoms with Crippen molar-refractivity contribution in [2.75, 3.05) is 20.3 Å². The summed E-state index contributed by atoms with van der Waals surface area (Å²) < 4.78 is 48.6. The van der Waals surface area contributed by atoms with Gasteiger partial charge in [-0.25, -0.2) is 0 Å². The van der Waals surface area contributed by atoms with Crippen molar-refractivity contribution in [2.45, 2.75) is 24.4 Å². The van der Waals surface area contributed by atoms with Crippen LogP contribution in [-0.4, -0.2) is 38.6 Å². The molecule has 1 N–H and O–H groups in total. The zero-order chi connectivity index (χ0) is 13.9. The molecule has 1 saturated heterocycles. The Morgan fingerprint density at radius 3 is 2.47 bits per heavy atom. The number of methoxy groups -OCH3 is 1. The van der Waals surface area contributed by atoms with Crippen LogP contribution in [0.15, 0.2) is 30.3 Å². The molecule has 0 radical (unpaired) electrons. The minimum atomic E-state index is -4.33. The molecule has 1 aromatic carbocycles. The third-order valence-corrected chi connectivity index (χ3v) is 3.00. The predicted molar refractivity (Wildman–Crippen MR) is 63.8 cm³/mol. The van der Waals surface area contributed by atoms with E-state index in [0.717, 1.165) is 5.56 Å². The molecule has 3 unspecified atom stereocenters. The average molecular weight is 275 g/mol. The number of nitrogens with one attached hydrogen (secondary N) is 1. The molecule has 2 rings (SSSR count). The van der Waals surface area contributed by atoms with Crippen LogP contribution >= 0.6 is 0 Å². The van der Waals surface area contributed by atoms with E-state index < -0.39 is 24.4 Å². The van der Waals surface area contributed by atoms with Crippen LogP contribution in [0.1, 0.15) is 11.6 Å².